The fourth-order valence-electron chi connectivity index (χ4n) is 2.98. The van der Waals surface area contributed by atoms with Crippen LogP contribution in [0.15, 0.2) is 29.1 Å². The van der Waals surface area contributed by atoms with E-state index in [4.69, 9.17) is 9.84 Å². The van der Waals surface area contributed by atoms with Gasteiger partial charge in [0.05, 0.1) is 36.2 Å². The molecule has 1 unspecified atom stereocenters. The first-order valence-corrected chi connectivity index (χ1v) is 7.79. The molecule has 1 aromatic carbocycles. The van der Waals surface area contributed by atoms with E-state index >= 15 is 0 Å². The number of fused-ring (bicyclic) bond motifs is 1. The number of nitro benzene ring substituents is 1. The molecule has 0 spiro atoms. The number of carboxylic acid groups (broad SMARTS) is 1. The zero-order valence-corrected chi connectivity index (χ0v) is 13.5. The van der Waals surface area contributed by atoms with E-state index in [1.807, 2.05) is 0 Å². The number of hydrogen-bond donors (Lipinski definition) is 2. The second kappa shape index (κ2) is 6.92. The predicted octanol–water partition coefficient (Wildman–Crippen LogP) is 0.752. The number of amides is 1. The highest BCUT2D eigenvalue weighted by molar-refractivity contribution is 6.06. The summed E-state index contributed by atoms with van der Waals surface area (Å²) in [5.74, 6) is -1.64. The smallest absolute Gasteiger partial charge is 0.305 e. The highest BCUT2D eigenvalue weighted by atomic mass is 16.6. The maximum Gasteiger partial charge on any atom is 0.305 e. The maximum atomic E-state index is 13.0. The third-order valence-electron chi connectivity index (χ3n) is 4.17. The molecule has 1 aromatic heterocycles. The Labute approximate surface area is 146 Å². The summed E-state index contributed by atoms with van der Waals surface area (Å²) in [5, 5.41) is 20.3. The van der Waals surface area contributed by atoms with Crippen LogP contribution >= 0.6 is 0 Å². The van der Waals surface area contributed by atoms with Gasteiger partial charge >= 0.3 is 5.97 Å². The van der Waals surface area contributed by atoms with Gasteiger partial charge in [-0.1, -0.05) is 0 Å². The van der Waals surface area contributed by atoms with Gasteiger partial charge in [-0.05, 0) is 6.07 Å². The lowest BCUT2D eigenvalue weighted by atomic mass is 10.0. The van der Waals surface area contributed by atoms with Gasteiger partial charge in [-0.25, -0.2) is 0 Å². The molecule has 1 atom stereocenters. The number of nitrogens with one attached hydrogen (secondary N) is 1. The van der Waals surface area contributed by atoms with Crippen molar-refractivity contribution < 1.29 is 24.4 Å². The molecular formula is C16H15N3O7. The first kappa shape index (κ1) is 17.5. The average molecular weight is 361 g/mol. The van der Waals surface area contributed by atoms with Crippen molar-refractivity contribution in [2.45, 2.75) is 12.5 Å². The Morgan fingerprint density at radius 1 is 1.38 bits per heavy atom. The van der Waals surface area contributed by atoms with Crippen LogP contribution in [0.2, 0.25) is 0 Å². The van der Waals surface area contributed by atoms with Gasteiger partial charge in [-0.3, -0.25) is 24.5 Å². The van der Waals surface area contributed by atoms with Gasteiger partial charge < -0.3 is 19.7 Å². The predicted molar refractivity (Wildman–Crippen MR) is 89.1 cm³/mol. The first-order chi connectivity index (χ1) is 12.4. The first-order valence-electron chi connectivity index (χ1n) is 7.79. The van der Waals surface area contributed by atoms with Crippen molar-refractivity contribution in [3.05, 3.63) is 50.3 Å². The number of hydrogen-bond acceptors (Lipinski definition) is 6. The van der Waals surface area contributed by atoms with Crippen molar-refractivity contribution in [3.63, 3.8) is 0 Å². The molecule has 1 saturated heterocycles. The maximum absolute atomic E-state index is 13.0. The van der Waals surface area contributed by atoms with E-state index in [0.717, 1.165) is 6.07 Å². The van der Waals surface area contributed by atoms with Crippen molar-refractivity contribution in [2.75, 3.05) is 19.8 Å². The van der Waals surface area contributed by atoms with Gasteiger partial charge in [0.25, 0.3) is 11.6 Å². The molecule has 10 nitrogen and oxygen atoms in total. The lowest BCUT2D eigenvalue weighted by molar-refractivity contribution is -0.384. The Kier molecular flexibility index (Phi) is 4.67. The molecule has 3 rings (SSSR count). The number of non-ortho nitro benzene ring substituents is 1. The molecule has 1 aliphatic rings. The van der Waals surface area contributed by atoms with Crippen LogP contribution in [0.1, 0.15) is 16.8 Å². The molecule has 136 valence electrons. The largest absolute Gasteiger partial charge is 0.481 e. The monoisotopic (exact) mass is 361 g/mol. The fraction of sp³-hybridized carbons (Fsp3) is 0.312. The van der Waals surface area contributed by atoms with E-state index < -0.39 is 28.4 Å². The van der Waals surface area contributed by atoms with Gasteiger partial charge in [0.15, 0.2) is 0 Å². The van der Waals surface area contributed by atoms with Crippen molar-refractivity contribution in [1.82, 2.24) is 9.88 Å². The third-order valence-corrected chi connectivity index (χ3v) is 4.17. The minimum Gasteiger partial charge on any atom is -0.481 e. The number of aromatic amines is 1. The second-order valence-corrected chi connectivity index (χ2v) is 5.86. The molecule has 0 aliphatic carbocycles. The quantitative estimate of drug-likeness (QED) is 0.604. The van der Waals surface area contributed by atoms with Gasteiger partial charge in [-0.2, -0.15) is 0 Å². The average Bonchev–Trinajstić information content (AvgIpc) is 2.60. The van der Waals surface area contributed by atoms with Gasteiger partial charge in [0.1, 0.15) is 0 Å². The van der Waals surface area contributed by atoms with Crippen LogP contribution in [-0.4, -0.2) is 57.6 Å². The zero-order chi connectivity index (χ0) is 18.8. The summed E-state index contributed by atoms with van der Waals surface area (Å²) in [6, 6.07) is 4.20. The lowest BCUT2D eigenvalue weighted by Crippen LogP contribution is -2.49. The van der Waals surface area contributed by atoms with E-state index in [1.54, 1.807) is 0 Å². The molecular weight excluding hydrogens is 346 g/mol. The number of nitrogens with zero attached hydrogens (tertiary/aromatic N) is 2. The number of nitro groups is 1. The van der Waals surface area contributed by atoms with Crippen molar-refractivity contribution in [2.24, 2.45) is 0 Å². The molecule has 2 heterocycles. The number of pyridine rings is 1. The number of aromatic nitrogens is 1. The molecule has 0 bridgehead atoms. The number of carbonyl (C=O) groups excluding carboxylic acids is 1. The van der Waals surface area contributed by atoms with Crippen LogP contribution in [0.3, 0.4) is 0 Å². The molecule has 1 fully saturated rings. The molecule has 0 saturated carbocycles. The third kappa shape index (κ3) is 3.40. The van der Waals surface area contributed by atoms with Crippen molar-refractivity contribution >= 4 is 28.5 Å². The summed E-state index contributed by atoms with van der Waals surface area (Å²) in [7, 11) is 0. The van der Waals surface area contributed by atoms with Crippen molar-refractivity contribution in [3.8, 4) is 0 Å². The summed E-state index contributed by atoms with van der Waals surface area (Å²) < 4.78 is 5.25. The van der Waals surface area contributed by atoms with E-state index in [9.17, 15) is 24.5 Å². The minimum absolute atomic E-state index is 0.00950. The number of carbonyl (C=O) groups is 2. The van der Waals surface area contributed by atoms with Crippen LogP contribution in [0.25, 0.3) is 10.9 Å². The van der Waals surface area contributed by atoms with Crippen LogP contribution in [0.5, 0.6) is 0 Å². The standard InChI is InChI=1S/C16H15N3O7/c20-14-7-12(11-5-9(19(24)25)1-2-13(11)17-14)16(23)18-3-4-26-8-10(18)6-15(21)22/h1-2,5,7,10H,3-4,6,8H2,(H,17,20)(H,21,22). The highest BCUT2D eigenvalue weighted by Crippen LogP contribution is 2.24. The Bertz CT molecular complexity index is 952. The number of morpholine rings is 1. The molecule has 26 heavy (non-hydrogen) atoms. The normalized spacial score (nSPS) is 17.2. The molecule has 2 N–H and O–H groups in total. The summed E-state index contributed by atoms with van der Waals surface area (Å²) in [6.45, 7) is 0.475. The molecule has 1 amide bonds. The highest BCUT2D eigenvalue weighted by Gasteiger charge is 2.31. The van der Waals surface area contributed by atoms with E-state index in [-0.39, 0.29) is 48.3 Å². The second-order valence-electron chi connectivity index (χ2n) is 5.86. The Morgan fingerprint density at radius 3 is 2.85 bits per heavy atom. The van der Waals surface area contributed by atoms with Gasteiger partial charge in [0, 0.05) is 35.6 Å². The Balaban J connectivity index is 2.08. The van der Waals surface area contributed by atoms with Gasteiger partial charge in [0.2, 0.25) is 5.56 Å². The summed E-state index contributed by atoms with van der Waals surface area (Å²) in [6.07, 6.45) is -0.299. The Morgan fingerprint density at radius 2 is 2.15 bits per heavy atom. The van der Waals surface area contributed by atoms with E-state index in [1.165, 1.54) is 23.1 Å². The number of ether oxygens (including phenoxy) is 1. The van der Waals surface area contributed by atoms with Crippen LogP contribution < -0.4 is 5.56 Å². The molecule has 10 heteroatoms. The lowest BCUT2D eigenvalue weighted by Gasteiger charge is -2.35. The Hall–Kier alpha value is -3.27. The number of H-pyrrole nitrogens is 1. The molecule has 1 aliphatic heterocycles. The van der Waals surface area contributed by atoms with E-state index in [0.29, 0.717) is 0 Å². The summed E-state index contributed by atoms with van der Waals surface area (Å²) in [4.78, 5) is 50.2. The zero-order valence-electron chi connectivity index (χ0n) is 13.5. The van der Waals surface area contributed by atoms with Gasteiger partial charge in [-0.15, -0.1) is 0 Å². The minimum atomic E-state index is -1.08. The fourth-order valence-corrected chi connectivity index (χ4v) is 2.98. The number of aliphatic carboxylic acids is 1. The number of rotatable bonds is 4. The number of benzene rings is 1. The SMILES string of the molecule is O=C(O)CC1COCCN1C(=O)c1cc(=O)[nH]c2ccc([N+](=O)[O-])cc12. The summed E-state index contributed by atoms with van der Waals surface area (Å²) >= 11 is 0. The topological polar surface area (TPSA) is 143 Å². The van der Waals surface area contributed by atoms with Crippen molar-refractivity contribution in [1.29, 1.82) is 0 Å². The van der Waals surface area contributed by atoms with E-state index in [2.05, 4.69) is 4.98 Å². The van der Waals surface area contributed by atoms with Crippen LogP contribution in [0.4, 0.5) is 5.69 Å². The van der Waals surface area contributed by atoms with Crippen LogP contribution in [-0.2, 0) is 9.53 Å². The van der Waals surface area contributed by atoms with Crippen LogP contribution in [0, 0.1) is 10.1 Å². The molecule has 0 radical (unpaired) electrons. The number of carboxylic acids is 1. The molecule has 2 aromatic rings. The summed E-state index contributed by atoms with van der Waals surface area (Å²) in [5.41, 5.74) is -0.473.